The maximum Gasteiger partial charge on any atom is 0.188 e. The lowest BCUT2D eigenvalue weighted by Gasteiger charge is -2.52. The molecule has 25 heavy (non-hydrogen) atoms. The van der Waals surface area contributed by atoms with Gasteiger partial charge < -0.3 is 14.8 Å². The number of benzene rings is 2. The first-order chi connectivity index (χ1) is 11.9. The molecule has 0 radical (unpaired) electrons. The Kier molecular flexibility index (Phi) is 3.65. The SMILES string of the molecule is COc1cccc2c1O[C@@]1(C)C[C@H]2NC(=S)N1c1cc(C)cc(C)c1. The number of hydrogen-bond acceptors (Lipinski definition) is 3. The average Bonchev–Trinajstić information content (AvgIpc) is 2.52. The fraction of sp³-hybridized carbons (Fsp3) is 0.350. The minimum atomic E-state index is -0.561. The average molecular weight is 354 g/mol. The van der Waals surface area contributed by atoms with Gasteiger partial charge in [-0.2, -0.15) is 0 Å². The lowest BCUT2D eigenvalue weighted by atomic mass is 9.90. The van der Waals surface area contributed by atoms with Crippen molar-refractivity contribution in [3.05, 3.63) is 53.1 Å². The molecule has 4 nitrogen and oxygen atoms in total. The van der Waals surface area contributed by atoms with Gasteiger partial charge in [-0.1, -0.05) is 18.2 Å². The third-order valence-corrected chi connectivity index (χ3v) is 5.25. The Hall–Kier alpha value is -2.27. The van der Waals surface area contributed by atoms with Gasteiger partial charge in [-0.3, -0.25) is 4.90 Å². The van der Waals surface area contributed by atoms with Gasteiger partial charge >= 0.3 is 0 Å². The maximum absolute atomic E-state index is 6.50. The van der Waals surface area contributed by atoms with Gasteiger partial charge in [0.15, 0.2) is 22.3 Å². The fourth-order valence-corrected chi connectivity index (χ4v) is 4.43. The van der Waals surface area contributed by atoms with Crippen LogP contribution in [0.25, 0.3) is 0 Å². The summed E-state index contributed by atoms with van der Waals surface area (Å²) in [5.74, 6) is 1.55. The van der Waals surface area contributed by atoms with Gasteiger partial charge in [-0.25, -0.2) is 0 Å². The first-order valence-corrected chi connectivity index (χ1v) is 8.87. The Morgan fingerprint density at radius 1 is 1.24 bits per heavy atom. The largest absolute Gasteiger partial charge is 0.493 e. The smallest absolute Gasteiger partial charge is 0.188 e. The lowest BCUT2D eigenvalue weighted by molar-refractivity contribution is 0.0464. The molecule has 2 atom stereocenters. The first kappa shape index (κ1) is 16.2. The van der Waals surface area contributed by atoms with Gasteiger partial charge in [0.2, 0.25) is 0 Å². The second-order valence-corrected chi connectivity index (χ2v) is 7.43. The Bertz CT molecular complexity index is 847. The van der Waals surface area contributed by atoms with E-state index in [2.05, 4.69) is 55.3 Å². The van der Waals surface area contributed by atoms with E-state index in [0.29, 0.717) is 5.11 Å². The molecule has 0 amide bonds. The van der Waals surface area contributed by atoms with Gasteiger partial charge in [0.1, 0.15) is 0 Å². The molecule has 4 rings (SSSR count). The summed E-state index contributed by atoms with van der Waals surface area (Å²) in [6.07, 6.45) is 0.806. The molecular formula is C20H22N2O2S. The summed E-state index contributed by atoms with van der Waals surface area (Å²) >= 11 is 5.72. The first-order valence-electron chi connectivity index (χ1n) is 8.46. The summed E-state index contributed by atoms with van der Waals surface area (Å²) in [6, 6.07) is 12.6. The van der Waals surface area contributed by atoms with Crippen LogP contribution in [0.2, 0.25) is 0 Å². The molecule has 1 fully saturated rings. The summed E-state index contributed by atoms with van der Waals surface area (Å²) in [4.78, 5) is 2.09. The number of methoxy groups -OCH3 is 1. The van der Waals surface area contributed by atoms with Crippen molar-refractivity contribution in [1.29, 1.82) is 0 Å². The second-order valence-electron chi connectivity index (χ2n) is 7.04. The van der Waals surface area contributed by atoms with E-state index < -0.39 is 5.72 Å². The van der Waals surface area contributed by atoms with Crippen molar-refractivity contribution in [1.82, 2.24) is 5.32 Å². The van der Waals surface area contributed by atoms with Crippen molar-refractivity contribution >= 4 is 23.0 Å². The molecule has 2 aromatic rings. The third-order valence-electron chi connectivity index (χ3n) is 4.95. The van der Waals surface area contributed by atoms with E-state index in [4.69, 9.17) is 21.7 Å². The molecule has 0 saturated carbocycles. The highest BCUT2D eigenvalue weighted by molar-refractivity contribution is 7.80. The number of ether oxygens (including phenoxy) is 2. The molecule has 2 aliphatic heterocycles. The van der Waals surface area contributed by atoms with E-state index in [9.17, 15) is 0 Å². The predicted octanol–water partition coefficient (Wildman–Crippen LogP) is 4.25. The molecule has 0 unspecified atom stereocenters. The van der Waals surface area contributed by atoms with Gasteiger partial charge in [0.05, 0.1) is 13.2 Å². The van der Waals surface area contributed by atoms with Crippen LogP contribution in [0.1, 0.15) is 36.1 Å². The van der Waals surface area contributed by atoms with Crippen LogP contribution >= 0.6 is 12.2 Å². The van der Waals surface area contributed by atoms with E-state index in [0.717, 1.165) is 29.2 Å². The Morgan fingerprint density at radius 3 is 2.64 bits per heavy atom. The zero-order chi connectivity index (χ0) is 17.8. The highest BCUT2D eigenvalue weighted by Crippen LogP contribution is 2.49. The fourth-order valence-electron chi connectivity index (χ4n) is 3.99. The number of fused-ring (bicyclic) bond motifs is 4. The minimum absolute atomic E-state index is 0.124. The Morgan fingerprint density at radius 2 is 1.96 bits per heavy atom. The van der Waals surface area contributed by atoms with Crippen molar-refractivity contribution in [3.63, 3.8) is 0 Å². The van der Waals surface area contributed by atoms with Crippen molar-refractivity contribution in [3.8, 4) is 11.5 Å². The molecule has 130 valence electrons. The third kappa shape index (κ3) is 2.54. The topological polar surface area (TPSA) is 33.7 Å². The molecule has 0 aliphatic carbocycles. The summed E-state index contributed by atoms with van der Waals surface area (Å²) in [5.41, 5.74) is 4.00. The van der Waals surface area contributed by atoms with E-state index in [1.165, 1.54) is 11.1 Å². The normalized spacial score (nSPS) is 24.2. The second kappa shape index (κ2) is 5.63. The number of hydrogen-bond donors (Lipinski definition) is 1. The number of rotatable bonds is 2. The van der Waals surface area contributed by atoms with Crippen molar-refractivity contribution in [2.24, 2.45) is 0 Å². The number of aryl methyl sites for hydroxylation is 2. The molecule has 2 aliphatic rings. The number of anilines is 1. The molecule has 5 heteroatoms. The van der Waals surface area contributed by atoms with Crippen LogP contribution in [-0.4, -0.2) is 17.9 Å². The quantitative estimate of drug-likeness (QED) is 0.816. The Labute approximate surface area is 153 Å². The minimum Gasteiger partial charge on any atom is -0.493 e. The number of nitrogens with zero attached hydrogens (tertiary/aromatic N) is 1. The maximum atomic E-state index is 6.50. The molecule has 1 N–H and O–H groups in total. The zero-order valence-corrected chi connectivity index (χ0v) is 15.7. The monoisotopic (exact) mass is 354 g/mol. The highest BCUT2D eigenvalue weighted by atomic mass is 32.1. The molecule has 2 heterocycles. The van der Waals surface area contributed by atoms with Crippen LogP contribution in [-0.2, 0) is 0 Å². The van der Waals surface area contributed by atoms with Crippen LogP contribution in [0.15, 0.2) is 36.4 Å². The van der Waals surface area contributed by atoms with Gasteiger partial charge in [-0.15, -0.1) is 0 Å². The van der Waals surface area contributed by atoms with Gasteiger partial charge in [-0.05, 0) is 62.3 Å². The van der Waals surface area contributed by atoms with Gasteiger partial charge in [0.25, 0.3) is 0 Å². The van der Waals surface area contributed by atoms with E-state index in [1.54, 1.807) is 7.11 Å². The van der Waals surface area contributed by atoms with Crippen LogP contribution in [0.5, 0.6) is 11.5 Å². The summed E-state index contributed by atoms with van der Waals surface area (Å²) in [7, 11) is 1.67. The predicted molar refractivity (Wildman–Crippen MR) is 104 cm³/mol. The summed E-state index contributed by atoms with van der Waals surface area (Å²) in [6.45, 7) is 6.30. The highest BCUT2D eigenvalue weighted by Gasteiger charge is 2.49. The van der Waals surface area contributed by atoms with E-state index >= 15 is 0 Å². The zero-order valence-electron chi connectivity index (χ0n) is 14.9. The van der Waals surface area contributed by atoms with E-state index in [-0.39, 0.29) is 6.04 Å². The van der Waals surface area contributed by atoms with Gasteiger partial charge in [0, 0.05) is 17.7 Å². The van der Waals surface area contributed by atoms with Crippen molar-refractivity contribution in [2.45, 2.75) is 39.0 Å². The van der Waals surface area contributed by atoms with E-state index in [1.807, 2.05) is 12.1 Å². The Balaban J connectivity index is 1.84. The van der Waals surface area contributed by atoms with Crippen molar-refractivity contribution < 1.29 is 9.47 Å². The van der Waals surface area contributed by atoms with Crippen LogP contribution in [0.4, 0.5) is 5.69 Å². The number of para-hydroxylation sites is 1. The molecule has 0 spiro atoms. The van der Waals surface area contributed by atoms with Crippen LogP contribution in [0.3, 0.4) is 0 Å². The summed E-state index contributed by atoms with van der Waals surface area (Å²) in [5, 5.41) is 4.18. The molecular weight excluding hydrogens is 332 g/mol. The number of nitrogens with one attached hydrogen (secondary N) is 1. The molecule has 0 aromatic heterocycles. The van der Waals surface area contributed by atoms with Crippen molar-refractivity contribution in [2.75, 3.05) is 12.0 Å². The van der Waals surface area contributed by atoms with Crippen LogP contribution in [0, 0.1) is 13.8 Å². The standard InChI is InChI=1S/C20H22N2O2S/c1-12-8-13(2)10-14(9-12)22-19(25)21-16-11-20(22,3)24-18-15(16)6-5-7-17(18)23-4/h5-10,16H,11H2,1-4H3,(H,21,25)/t16-,20+/m1/s1. The molecule has 2 aromatic carbocycles. The molecule has 1 saturated heterocycles. The molecule has 2 bridgehead atoms. The lowest BCUT2D eigenvalue weighted by Crippen LogP contribution is -2.65. The summed E-state index contributed by atoms with van der Waals surface area (Å²) < 4.78 is 12.0. The number of thiocarbonyl (C=S) groups is 1. The van der Waals surface area contributed by atoms with Crippen LogP contribution < -0.4 is 19.7 Å².